The average Bonchev–Trinajstić information content (AvgIpc) is 2.92. The first-order valence-electron chi connectivity index (χ1n) is 7.32. The van der Waals surface area contributed by atoms with Crippen molar-refractivity contribution in [2.45, 2.75) is 32.7 Å². The third kappa shape index (κ3) is 2.90. The minimum atomic E-state index is -0.0723. The van der Waals surface area contributed by atoms with Crippen LogP contribution in [0.5, 0.6) is 0 Å². The Morgan fingerprint density at radius 1 is 1.32 bits per heavy atom. The third-order valence-corrected chi connectivity index (χ3v) is 4.96. The number of nitrogens with one attached hydrogen (secondary N) is 2. The van der Waals surface area contributed by atoms with Gasteiger partial charge in [-0.05, 0) is 54.5 Å². The van der Waals surface area contributed by atoms with Gasteiger partial charge in [0.1, 0.15) is 0 Å². The van der Waals surface area contributed by atoms with Gasteiger partial charge in [0.05, 0.1) is 10.9 Å². The summed E-state index contributed by atoms with van der Waals surface area (Å²) < 4.78 is 0. The van der Waals surface area contributed by atoms with E-state index in [-0.39, 0.29) is 17.9 Å². The van der Waals surface area contributed by atoms with Crippen LogP contribution in [0.25, 0.3) is 0 Å². The molecule has 0 saturated heterocycles. The van der Waals surface area contributed by atoms with E-state index in [1.165, 1.54) is 11.3 Å². The molecule has 4 nitrogen and oxygen atoms in total. The summed E-state index contributed by atoms with van der Waals surface area (Å²) in [6, 6.07) is 7.82. The van der Waals surface area contributed by atoms with Crippen molar-refractivity contribution in [3.8, 4) is 0 Å². The predicted octanol–water partition coefficient (Wildman–Crippen LogP) is 3.43. The van der Waals surface area contributed by atoms with E-state index in [2.05, 4.69) is 16.7 Å². The van der Waals surface area contributed by atoms with E-state index in [1.54, 1.807) is 0 Å². The first-order chi connectivity index (χ1) is 10.5. The minimum Gasteiger partial charge on any atom is -0.345 e. The fourth-order valence-corrected chi connectivity index (χ4v) is 3.45. The van der Waals surface area contributed by atoms with Crippen LogP contribution in [0.3, 0.4) is 0 Å². The van der Waals surface area contributed by atoms with Gasteiger partial charge in [-0.3, -0.25) is 9.59 Å². The Balaban J connectivity index is 1.75. The summed E-state index contributed by atoms with van der Waals surface area (Å²) in [5.41, 5.74) is 4.07. The molecule has 5 heteroatoms. The van der Waals surface area contributed by atoms with Gasteiger partial charge in [-0.2, -0.15) is 0 Å². The Labute approximate surface area is 133 Å². The van der Waals surface area contributed by atoms with Crippen LogP contribution >= 0.6 is 11.3 Å². The fourth-order valence-electron chi connectivity index (χ4n) is 2.62. The van der Waals surface area contributed by atoms with Crippen LogP contribution in [0, 0.1) is 6.92 Å². The number of rotatable bonds is 3. The molecule has 0 spiro atoms. The van der Waals surface area contributed by atoms with E-state index in [0.29, 0.717) is 6.42 Å². The molecule has 2 heterocycles. The van der Waals surface area contributed by atoms with Gasteiger partial charge in [0.15, 0.2) is 0 Å². The van der Waals surface area contributed by atoms with Gasteiger partial charge in [0, 0.05) is 12.1 Å². The SMILES string of the molecule is Cc1ccsc1C(=O)NC(C)c1ccc2c(c1)CCC(=O)N2. The molecule has 2 N–H and O–H groups in total. The van der Waals surface area contributed by atoms with Crippen molar-refractivity contribution in [2.75, 3.05) is 5.32 Å². The Bertz CT molecular complexity index is 736. The van der Waals surface area contributed by atoms with Gasteiger partial charge in [0.2, 0.25) is 5.91 Å². The van der Waals surface area contributed by atoms with Crippen LogP contribution in [0.2, 0.25) is 0 Å². The van der Waals surface area contributed by atoms with Crippen LogP contribution in [0.4, 0.5) is 5.69 Å². The second-order valence-electron chi connectivity index (χ2n) is 5.59. The highest BCUT2D eigenvalue weighted by Crippen LogP contribution is 2.26. The summed E-state index contributed by atoms with van der Waals surface area (Å²) in [6.07, 6.45) is 1.27. The van der Waals surface area contributed by atoms with E-state index < -0.39 is 0 Å². The summed E-state index contributed by atoms with van der Waals surface area (Å²) in [5, 5.41) is 7.84. The molecule has 1 aliphatic heterocycles. The van der Waals surface area contributed by atoms with Gasteiger partial charge < -0.3 is 10.6 Å². The molecule has 1 aromatic carbocycles. The number of carbonyl (C=O) groups is 2. The van der Waals surface area contributed by atoms with Crippen LogP contribution in [0.1, 0.15) is 45.7 Å². The molecular weight excluding hydrogens is 296 g/mol. The first-order valence-corrected chi connectivity index (χ1v) is 8.20. The average molecular weight is 314 g/mol. The largest absolute Gasteiger partial charge is 0.345 e. The molecule has 0 bridgehead atoms. The summed E-state index contributed by atoms with van der Waals surface area (Å²) in [6.45, 7) is 3.92. The second kappa shape index (κ2) is 5.93. The molecule has 2 aromatic rings. The molecule has 114 valence electrons. The lowest BCUT2D eigenvalue weighted by Crippen LogP contribution is -2.27. The third-order valence-electron chi connectivity index (χ3n) is 3.94. The topological polar surface area (TPSA) is 58.2 Å². The van der Waals surface area contributed by atoms with Crippen LogP contribution in [-0.4, -0.2) is 11.8 Å². The summed E-state index contributed by atoms with van der Waals surface area (Å²) >= 11 is 1.46. The zero-order chi connectivity index (χ0) is 15.7. The van der Waals surface area contributed by atoms with Gasteiger partial charge in [0.25, 0.3) is 5.91 Å². The Morgan fingerprint density at radius 3 is 2.86 bits per heavy atom. The van der Waals surface area contributed by atoms with Crippen molar-refractivity contribution in [3.05, 3.63) is 51.2 Å². The zero-order valence-electron chi connectivity index (χ0n) is 12.6. The smallest absolute Gasteiger partial charge is 0.262 e. The highest BCUT2D eigenvalue weighted by molar-refractivity contribution is 7.12. The molecule has 1 aliphatic rings. The van der Waals surface area contributed by atoms with Gasteiger partial charge >= 0.3 is 0 Å². The van der Waals surface area contributed by atoms with Crippen LogP contribution in [0.15, 0.2) is 29.6 Å². The highest BCUT2D eigenvalue weighted by atomic mass is 32.1. The van der Waals surface area contributed by atoms with E-state index in [1.807, 2.05) is 37.4 Å². The standard InChI is InChI=1S/C17H18N2O2S/c1-10-7-8-22-16(10)17(21)18-11(2)12-3-5-14-13(9-12)4-6-15(20)19-14/h3,5,7-9,11H,4,6H2,1-2H3,(H,18,21)(H,19,20). The number of anilines is 1. The number of thiophene rings is 1. The minimum absolute atomic E-state index is 0.0361. The normalized spacial score (nSPS) is 14.9. The monoisotopic (exact) mass is 314 g/mol. The number of carbonyl (C=O) groups excluding carboxylic acids is 2. The maximum Gasteiger partial charge on any atom is 0.262 e. The fraction of sp³-hybridized carbons (Fsp3) is 0.294. The molecule has 0 fully saturated rings. The van der Waals surface area contributed by atoms with Crippen molar-refractivity contribution in [3.63, 3.8) is 0 Å². The lowest BCUT2D eigenvalue weighted by molar-refractivity contribution is -0.116. The number of aryl methyl sites for hydroxylation is 2. The summed E-state index contributed by atoms with van der Waals surface area (Å²) in [7, 11) is 0. The molecular formula is C17H18N2O2S. The summed E-state index contributed by atoms with van der Waals surface area (Å²) in [4.78, 5) is 24.4. The van der Waals surface area contributed by atoms with E-state index in [9.17, 15) is 9.59 Å². The summed E-state index contributed by atoms with van der Waals surface area (Å²) in [5.74, 6) is 0.0285. The van der Waals surface area contributed by atoms with Gasteiger partial charge in [-0.15, -0.1) is 11.3 Å². The molecule has 3 rings (SSSR count). The predicted molar refractivity (Wildman–Crippen MR) is 88.3 cm³/mol. The molecule has 1 atom stereocenters. The second-order valence-corrected chi connectivity index (χ2v) is 6.51. The lowest BCUT2D eigenvalue weighted by Gasteiger charge is -2.20. The maximum atomic E-state index is 12.3. The number of hydrogen-bond donors (Lipinski definition) is 2. The first kappa shape index (κ1) is 14.8. The maximum absolute atomic E-state index is 12.3. The molecule has 1 aromatic heterocycles. The zero-order valence-corrected chi connectivity index (χ0v) is 13.4. The van der Waals surface area contributed by atoms with Gasteiger partial charge in [-0.25, -0.2) is 0 Å². The number of amides is 2. The Hall–Kier alpha value is -2.14. The van der Waals surface area contributed by atoms with Crippen molar-refractivity contribution in [1.29, 1.82) is 0 Å². The van der Waals surface area contributed by atoms with Gasteiger partial charge in [-0.1, -0.05) is 12.1 Å². The van der Waals surface area contributed by atoms with E-state index in [4.69, 9.17) is 0 Å². The number of hydrogen-bond acceptors (Lipinski definition) is 3. The number of fused-ring (bicyclic) bond motifs is 1. The molecule has 1 unspecified atom stereocenters. The Morgan fingerprint density at radius 2 is 2.14 bits per heavy atom. The lowest BCUT2D eigenvalue weighted by atomic mass is 9.98. The van der Waals surface area contributed by atoms with Crippen molar-refractivity contribution in [1.82, 2.24) is 5.32 Å². The molecule has 0 radical (unpaired) electrons. The van der Waals surface area contributed by atoms with Crippen molar-refractivity contribution < 1.29 is 9.59 Å². The van der Waals surface area contributed by atoms with E-state index >= 15 is 0 Å². The van der Waals surface area contributed by atoms with Crippen LogP contribution < -0.4 is 10.6 Å². The number of benzene rings is 1. The molecule has 0 saturated carbocycles. The quantitative estimate of drug-likeness (QED) is 0.912. The van der Waals surface area contributed by atoms with Crippen LogP contribution in [-0.2, 0) is 11.2 Å². The molecule has 22 heavy (non-hydrogen) atoms. The molecule has 2 amide bonds. The highest BCUT2D eigenvalue weighted by Gasteiger charge is 2.18. The Kier molecular flexibility index (Phi) is 3.98. The van der Waals surface area contributed by atoms with Crippen molar-refractivity contribution >= 4 is 28.8 Å². The van der Waals surface area contributed by atoms with Crippen molar-refractivity contribution in [2.24, 2.45) is 0 Å². The molecule has 0 aliphatic carbocycles. The van der Waals surface area contributed by atoms with E-state index in [0.717, 1.165) is 33.7 Å².